The zero-order valence-corrected chi connectivity index (χ0v) is 13.2. The summed E-state index contributed by atoms with van der Waals surface area (Å²) in [5.74, 6) is -0.0868. The smallest absolute Gasteiger partial charge is 0.315 e. The average molecular weight is 294 g/mol. The fourth-order valence-electron chi connectivity index (χ4n) is 2.77. The van der Waals surface area contributed by atoms with E-state index in [0.717, 1.165) is 25.7 Å². The van der Waals surface area contributed by atoms with Crippen LogP contribution in [0.3, 0.4) is 0 Å². The summed E-state index contributed by atoms with van der Waals surface area (Å²) in [6, 6.07) is 0.928. The van der Waals surface area contributed by atoms with E-state index in [9.17, 15) is 9.59 Å². The monoisotopic (exact) mass is 294 g/mol. The zero-order valence-electron chi connectivity index (χ0n) is 13.2. The molecule has 0 aromatic rings. The van der Waals surface area contributed by atoms with Crippen LogP contribution in [0.25, 0.3) is 0 Å². The molecule has 2 N–H and O–H groups in total. The summed E-state index contributed by atoms with van der Waals surface area (Å²) in [4.78, 5) is 26.1. The van der Waals surface area contributed by atoms with Crippen molar-refractivity contribution in [3.05, 3.63) is 0 Å². The van der Waals surface area contributed by atoms with E-state index in [2.05, 4.69) is 23.6 Å². The summed E-state index contributed by atoms with van der Waals surface area (Å²) in [5.41, 5.74) is 0. The maximum Gasteiger partial charge on any atom is 0.315 e. The van der Waals surface area contributed by atoms with E-state index in [4.69, 9.17) is 5.26 Å². The van der Waals surface area contributed by atoms with Crippen LogP contribution in [0.4, 0.5) is 4.79 Å². The van der Waals surface area contributed by atoms with Crippen LogP contribution >= 0.6 is 0 Å². The lowest BCUT2D eigenvalue weighted by molar-refractivity contribution is -0.134. The first kappa shape index (κ1) is 17.3. The van der Waals surface area contributed by atoms with Gasteiger partial charge in [-0.3, -0.25) is 4.79 Å². The lowest BCUT2D eigenvalue weighted by Gasteiger charge is -2.30. The fraction of sp³-hybridized carbons (Fsp3) is 0.800. The van der Waals surface area contributed by atoms with Crippen LogP contribution in [0, 0.1) is 17.2 Å². The van der Waals surface area contributed by atoms with E-state index in [1.54, 1.807) is 4.90 Å². The Bertz CT molecular complexity index is 405. The highest BCUT2D eigenvalue weighted by Gasteiger charge is 2.36. The third kappa shape index (κ3) is 4.62. The van der Waals surface area contributed by atoms with Crippen molar-refractivity contribution in [2.75, 3.05) is 13.1 Å². The molecule has 1 heterocycles. The highest BCUT2D eigenvalue weighted by atomic mass is 16.2. The molecule has 0 saturated carbocycles. The molecule has 6 heteroatoms. The van der Waals surface area contributed by atoms with Gasteiger partial charge in [-0.2, -0.15) is 5.26 Å². The minimum Gasteiger partial charge on any atom is -0.338 e. The summed E-state index contributed by atoms with van der Waals surface area (Å²) in [6.45, 7) is 6.97. The maximum atomic E-state index is 12.7. The van der Waals surface area contributed by atoms with E-state index >= 15 is 0 Å². The second-order valence-electron chi connectivity index (χ2n) is 5.57. The Morgan fingerprint density at radius 2 is 2.14 bits per heavy atom. The minimum absolute atomic E-state index is 0.0463. The number of amides is 3. The molecular weight excluding hydrogens is 268 g/mol. The van der Waals surface area contributed by atoms with Crippen molar-refractivity contribution in [2.24, 2.45) is 5.92 Å². The molecule has 21 heavy (non-hydrogen) atoms. The molecule has 0 radical (unpaired) electrons. The number of nitriles is 1. The molecule has 1 rings (SSSR count). The summed E-state index contributed by atoms with van der Waals surface area (Å²) < 4.78 is 0. The number of hydrogen-bond donors (Lipinski definition) is 2. The molecule has 1 aliphatic rings. The van der Waals surface area contributed by atoms with Crippen molar-refractivity contribution in [2.45, 2.75) is 58.5 Å². The second kappa shape index (κ2) is 8.50. The van der Waals surface area contributed by atoms with Gasteiger partial charge in [0.25, 0.3) is 0 Å². The summed E-state index contributed by atoms with van der Waals surface area (Å²) in [6.07, 6.45) is 3.37. The SMILES string of the molecule is CCCC(C)[C@H](NC(=O)NCC)C(=O)N1CCC[C@H]1C#N. The Balaban J connectivity index is 2.81. The summed E-state index contributed by atoms with van der Waals surface area (Å²) in [7, 11) is 0. The normalized spacial score (nSPS) is 20.5. The van der Waals surface area contributed by atoms with Crippen LogP contribution < -0.4 is 10.6 Å². The van der Waals surface area contributed by atoms with E-state index in [1.807, 2.05) is 13.8 Å². The second-order valence-corrected chi connectivity index (χ2v) is 5.57. The van der Waals surface area contributed by atoms with Crippen LogP contribution in [0.15, 0.2) is 0 Å². The molecule has 1 aliphatic heterocycles. The van der Waals surface area contributed by atoms with Gasteiger partial charge in [-0.1, -0.05) is 20.3 Å². The van der Waals surface area contributed by atoms with Gasteiger partial charge >= 0.3 is 6.03 Å². The Labute approximate surface area is 126 Å². The van der Waals surface area contributed by atoms with Crippen molar-refractivity contribution >= 4 is 11.9 Å². The topological polar surface area (TPSA) is 85.2 Å². The first-order valence-electron chi connectivity index (χ1n) is 7.79. The van der Waals surface area contributed by atoms with Gasteiger partial charge in [0.15, 0.2) is 0 Å². The number of carbonyl (C=O) groups is 2. The lowest BCUT2D eigenvalue weighted by Crippen LogP contribution is -2.54. The molecular formula is C15H26N4O2. The standard InChI is InChI=1S/C15H26N4O2/c1-4-7-11(3)13(18-15(21)17-5-2)14(20)19-9-6-8-12(19)10-16/h11-13H,4-9H2,1-3H3,(H2,17,18,21)/t11?,12-,13-/m0/s1. The fourth-order valence-corrected chi connectivity index (χ4v) is 2.77. The predicted molar refractivity (Wildman–Crippen MR) is 80.4 cm³/mol. The van der Waals surface area contributed by atoms with Crippen LogP contribution in [0.1, 0.15) is 46.5 Å². The highest BCUT2D eigenvalue weighted by Crippen LogP contribution is 2.21. The van der Waals surface area contributed by atoms with Crippen LogP contribution in [-0.4, -0.2) is 42.0 Å². The molecule has 3 atom stereocenters. The third-order valence-corrected chi connectivity index (χ3v) is 3.89. The minimum atomic E-state index is -0.564. The molecule has 1 saturated heterocycles. The molecule has 0 aliphatic carbocycles. The van der Waals surface area contributed by atoms with Crippen molar-refractivity contribution in [3.63, 3.8) is 0 Å². The maximum absolute atomic E-state index is 12.7. The molecule has 0 spiro atoms. The first-order valence-corrected chi connectivity index (χ1v) is 7.79. The number of rotatable bonds is 6. The Morgan fingerprint density at radius 3 is 2.71 bits per heavy atom. The number of urea groups is 1. The number of likely N-dealkylation sites (tertiary alicyclic amines) is 1. The van der Waals surface area contributed by atoms with Gasteiger partial charge in [-0.15, -0.1) is 0 Å². The molecule has 0 aromatic heterocycles. The highest BCUT2D eigenvalue weighted by molar-refractivity contribution is 5.87. The van der Waals surface area contributed by atoms with Gasteiger partial charge in [0, 0.05) is 13.1 Å². The Hall–Kier alpha value is -1.77. The largest absolute Gasteiger partial charge is 0.338 e. The van der Waals surface area contributed by atoms with Crippen molar-refractivity contribution in [1.82, 2.24) is 15.5 Å². The molecule has 3 amide bonds. The summed E-state index contributed by atoms with van der Waals surface area (Å²) >= 11 is 0. The quantitative estimate of drug-likeness (QED) is 0.780. The van der Waals surface area contributed by atoms with Crippen molar-refractivity contribution in [3.8, 4) is 6.07 Å². The molecule has 6 nitrogen and oxygen atoms in total. The number of nitrogens with one attached hydrogen (secondary N) is 2. The van der Waals surface area contributed by atoms with Gasteiger partial charge in [0.2, 0.25) is 5.91 Å². The number of carbonyl (C=O) groups excluding carboxylic acids is 2. The van der Waals surface area contributed by atoms with Gasteiger partial charge in [0.1, 0.15) is 12.1 Å². The van der Waals surface area contributed by atoms with Crippen molar-refractivity contribution < 1.29 is 9.59 Å². The molecule has 0 aromatic carbocycles. The third-order valence-electron chi connectivity index (χ3n) is 3.89. The van der Waals surface area contributed by atoms with E-state index in [-0.39, 0.29) is 23.9 Å². The first-order chi connectivity index (χ1) is 10.0. The van der Waals surface area contributed by atoms with Gasteiger partial charge in [0.05, 0.1) is 6.07 Å². The van der Waals surface area contributed by atoms with E-state index < -0.39 is 6.04 Å². The number of nitrogens with zero attached hydrogens (tertiary/aromatic N) is 2. The van der Waals surface area contributed by atoms with Crippen LogP contribution in [0.5, 0.6) is 0 Å². The molecule has 1 fully saturated rings. The van der Waals surface area contributed by atoms with Gasteiger partial charge in [-0.25, -0.2) is 4.79 Å². The average Bonchev–Trinajstić information content (AvgIpc) is 2.93. The van der Waals surface area contributed by atoms with E-state index in [0.29, 0.717) is 13.1 Å². The molecule has 1 unspecified atom stereocenters. The van der Waals surface area contributed by atoms with Gasteiger partial charge < -0.3 is 15.5 Å². The predicted octanol–water partition coefficient (Wildman–Crippen LogP) is 1.62. The zero-order chi connectivity index (χ0) is 15.8. The summed E-state index contributed by atoms with van der Waals surface area (Å²) in [5, 5.41) is 14.6. The van der Waals surface area contributed by atoms with Crippen LogP contribution in [-0.2, 0) is 4.79 Å². The van der Waals surface area contributed by atoms with Gasteiger partial charge in [-0.05, 0) is 32.1 Å². The van der Waals surface area contributed by atoms with Crippen LogP contribution in [0.2, 0.25) is 0 Å². The van der Waals surface area contributed by atoms with E-state index in [1.165, 1.54) is 0 Å². The van der Waals surface area contributed by atoms with Crippen molar-refractivity contribution in [1.29, 1.82) is 5.26 Å². The Kier molecular flexibility index (Phi) is 7.00. The molecule has 118 valence electrons. The lowest BCUT2D eigenvalue weighted by atomic mass is 9.95. The Morgan fingerprint density at radius 1 is 1.43 bits per heavy atom. The molecule has 0 bridgehead atoms. The number of hydrogen-bond acceptors (Lipinski definition) is 3.